The average molecular weight is 375 g/mol. The molecular weight excluding hydrogens is 346 g/mol. The number of nitriles is 1. The number of aldehydes is 1. The van der Waals surface area contributed by atoms with Crippen molar-refractivity contribution in [1.29, 1.82) is 5.26 Å². The van der Waals surface area contributed by atoms with Gasteiger partial charge in [0.15, 0.2) is 6.29 Å². The summed E-state index contributed by atoms with van der Waals surface area (Å²) in [5, 5.41) is 7.62. The van der Waals surface area contributed by atoms with Gasteiger partial charge in [0.2, 0.25) is 0 Å². The maximum Gasteiger partial charge on any atom is 0.410 e. The molecule has 0 radical (unpaired) electrons. The van der Waals surface area contributed by atoms with E-state index in [4.69, 9.17) is 14.7 Å². The molecule has 7 nitrogen and oxygen atoms in total. The molecule has 7 heteroatoms. The summed E-state index contributed by atoms with van der Waals surface area (Å²) in [5.74, 6) is 0.562. The summed E-state index contributed by atoms with van der Waals surface area (Å²) >= 11 is 0. The molecule has 0 aromatic heterocycles. The molecule has 0 atom stereocenters. The Bertz CT molecular complexity index is 669. The third kappa shape index (κ3) is 7.18. The number of nitrogens with zero attached hydrogens (tertiary/aromatic N) is 3. The third-order valence-corrected chi connectivity index (χ3v) is 3.80. The van der Waals surface area contributed by atoms with Crippen LogP contribution in [0.5, 0.6) is 5.75 Å². The molecule has 0 spiro atoms. The average Bonchev–Trinajstić information content (AvgIpc) is 2.66. The molecule has 27 heavy (non-hydrogen) atoms. The Morgan fingerprint density at radius 2 is 1.85 bits per heavy atom. The molecule has 1 aliphatic rings. The quantitative estimate of drug-likeness (QED) is 0.752. The van der Waals surface area contributed by atoms with Crippen LogP contribution in [0.4, 0.5) is 10.5 Å². The first-order valence-electron chi connectivity index (χ1n) is 8.98. The van der Waals surface area contributed by atoms with Crippen molar-refractivity contribution >= 4 is 18.1 Å². The van der Waals surface area contributed by atoms with Crippen molar-refractivity contribution in [3.63, 3.8) is 0 Å². The minimum absolute atomic E-state index is 0.272. The number of anilines is 1. The number of methoxy groups -OCH3 is 1. The zero-order valence-corrected chi connectivity index (χ0v) is 16.8. The second-order valence-electron chi connectivity index (χ2n) is 7.01. The van der Waals surface area contributed by atoms with E-state index in [9.17, 15) is 9.59 Å². The fraction of sp³-hybridized carbons (Fsp3) is 0.550. The van der Waals surface area contributed by atoms with Gasteiger partial charge in [0, 0.05) is 44.4 Å². The fourth-order valence-corrected chi connectivity index (χ4v) is 2.47. The van der Waals surface area contributed by atoms with Crippen molar-refractivity contribution in [2.45, 2.75) is 39.7 Å². The van der Waals surface area contributed by atoms with Gasteiger partial charge in [-0.3, -0.25) is 4.79 Å². The lowest BCUT2D eigenvalue weighted by molar-refractivity contribution is 0.0240. The summed E-state index contributed by atoms with van der Waals surface area (Å²) in [6.45, 7) is 10.0. The standard InChI is InChI=1S/C17H24N2O4.C3H5N/c1-17(2,3)23-16(21)19-9-7-18(8-10-19)14-6-5-13(12-20)15(11-14)22-4;1-2-3-4/h5-6,11-12H,7-10H2,1-4H3;2H2,1H3. The number of carbonyl (C=O) groups excluding carboxylic acids is 2. The highest BCUT2D eigenvalue weighted by molar-refractivity contribution is 5.81. The highest BCUT2D eigenvalue weighted by Gasteiger charge is 2.26. The number of amides is 1. The molecule has 0 unspecified atom stereocenters. The molecule has 0 N–H and O–H groups in total. The normalized spacial score (nSPS) is 13.8. The smallest absolute Gasteiger partial charge is 0.410 e. The van der Waals surface area contributed by atoms with Gasteiger partial charge in [-0.1, -0.05) is 6.92 Å². The van der Waals surface area contributed by atoms with Crippen LogP contribution in [0.2, 0.25) is 0 Å². The van der Waals surface area contributed by atoms with Crippen LogP contribution < -0.4 is 9.64 Å². The number of rotatable bonds is 3. The van der Waals surface area contributed by atoms with Crippen molar-refractivity contribution in [2.24, 2.45) is 0 Å². The lowest BCUT2D eigenvalue weighted by Gasteiger charge is -2.36. The number of hydrogen-bond donors (Lipinski definition) is 0. The van der Waals surface area contributed by atoms with Gasteiger partial charge in [-0.15, -0.1) is 0 Å². The van der Waals surface area contributed by atoms with Crippen LogP contribution in [0.1, 0.15) is 44.5 Å². The van der Waals surface area contributed by atoms with Crippen LogP contribution >= 0.6 is 0 Å². The minimum Gasteiger partial charge on any atom is -0.496 e. The first-order chi connectivity index (χ1) is 12.8. The number of piperazine rings is 1. The van der Waals surface area contributed by atoms with E-state index < -0.39 is 5.60 Å². The maximum absolute atomic E-state index is 12.1. The van der Waals surface area contributed by atoms with Gasteiger partial charge in [0.1, 0.15) is 11.4 Å². The molecule has 2 rings (SSSR count). The van der Waals surface area contributed by atoms with Gasteiger partial charge >= 0.3 is 6.09 Å². The summed E-state index contributed by atoms with van der Waals surface area (Å²) in [5.41, 5.74) is 1.03. The molecule has 0 saturated carbocycles. The molecule has 1 aromatic rings. The highest BCUT2D eigenvalue weighted by atomic mass is 16.6. The Balaban J connectivity index is 0.000000828. The predicted octanol–water partition coefficient (Wildman–Crippen LogP) is 3.48. The molecule has 1 heterocycles. The second kappa shape index (κ2) is 10.4. The lowest BCUT2D eigenvalue weighted by Crippen LogP contribution is -2.50. The third-order valence-electron chi connectivity index (χ3n) is 3.80. The molecule has 1 fully saturated rings. The summed E-state index contributed by atoms with van der Waals surface area (Å²) < 4.78 is 10.6. The van der Waals surface area contributed by atoms with E-state index in [0.717, 1.165) is 12.0 Å². The van der Waals surface area contributed by atoms with Crippen LogP contribution in [0, 0.1) is 11.3 Å². The van der Waals surface area contributed by atoms with E-state index in [1.165, 1.54) is 0 Å². The van der Waals surface area contributed by atoms with Crippen LogP contribution in [0.25, 0.3) is 0 Å². The summed E-state index contributed by atoms with van der Waals surface area (Å²) in [4.78, 5) is 26.9. The Morgan fingerprint density at radius 3 is 2.30 bits per heavy atom. The van der Waals surface area contributed by atoms with E-state index in [1.54, 1.807) is 18.1 Å². The van der Waals surface area contributed by atoms with Crippen molar-refractivity contribution in [1.82, 2.24) is 4.90 Å². The fourth-order valence-electron chi connectivity index (χ4n) is 2.47. The number of benzene rings is 1. The second-order valence-corrected chi connectivity index (χ2v) is 7.01. The van der Waals surface area contributed by atoms with Crippen LogP contribution in [0.3, 0.4) is 0 Å². The SMILES string of the molecule is CCC#N.COc1cc(N2CCN(C(=O)OC(C)(C)C)CC2)ccc1C=O. The van der Waals surface area contributed by atoms with Gasteiger partial charge in [0.25, 0.3) is 0 Å². The molecular formula is C20H29N3O4. The summed E-state index contributed by atoms with van der Waals surface area (Å²) in [7, 11) is 1.55. The number of carbonyl (C=O) groups is 2. The molecule has 0 bridgehead atoms. The predicted molar refractivity (Wildman–Crippen MR) is 104 cm³/mol. The van der Waals surface area contributed by atoms with Gasteiger partial charge in [-0.05, 0) is 32.9 Å². The molecule has 1 saturated heterocycles. The van der Waals surface area contributed by atoms with Crippen molar-refractivity contribution < 1.29 is 19.1 Å². The molecule has 1 aromatic carbocycles. The van der Waals surface area contributed by atoms with Crippen molar-refractivity contribution in [3.05, 3.63) is 23.8 Å². The number of hydrogen-bond acceptors (Lipinski definition) is 6. The van der Waals surface area contributed by atoms with Crippen LogP contribution in [-0.2, 0) is 4.74 Å². The van der Waals surface area contributed by atoms with E-state index in [0.29, 0.717) is 43.9 Å². The molecule has 0 aliphatic carbocycles. The van der Waals surface area contributed by atoms with Gasteiger partial charge in [-0.25, -0.2) is 4.79 Å². The first kappa shape index (κ1) is 22.3. The summed E-state index contributed by atoms with van der Waals surface area (Å²) in [6, 6.07) is 7.43. The van der Waals surface area contributed by atoms with Crippen molar-refractivity contribution in [3.8, 4) is 11.8 Å². The van der Waals surface area contributed by atoms with Crippen LogP contribution in [-0.4, -0.2) is 56.2 Å². The highest BCUT2D eigenvalue weighted by Crippen LogP contribution is 2.25. The largest absolute Gasteiger partial charge is 0.496 e. The first-order valence-corrected chi connectivity index (χ1v) is 8.98. The monoisotopic (exact) mass is 375 g/mol. The topological polar surface area (TPSA) is 82.9 Å². The van der Waals surface area contributed by atoms with E-state index >= 15 is 0 Å². The van der Waals surface area contributed by atoms with E-state index in [2.05, 4.69) is 4.90 Å². The molecule has 1 aliphatic heterocycles. The van der Waals surface area contributed by atoms with Gasteiger partial charge < -0.3 is 19.3 Å². The number of ether oxygens (including phenoxy) is 2. The van der Waals surface area contributed by atoms with E-state index in [1.807, 2.05) is 45.9 Å². The lowest BCUT2D eigenvalue weighted by atomic mass is 10.1. The zero-order valence-electron chi connectivity index (χ0n) is 16.8. The summed E-state index contributed by atoms with van der Waals surface area (Å²) in [6.07, 6.45) is 1.13. The molecule has 1 amide bonds. The minimum atomic E-state index is -0.480. The van der Waals surface area contributed by atoms with Crippen molar-refractivity contribution in [2.75, 3.05) is 38.2 Å². The van der Waals surface area contributed by atoms with Crippen LogP contribution in [0.15, 0.2) is 18.2 Å². The van der Waals surface area contributed by atoms with Gasteiger partial charge in [-0.2, -0.15) is 5.26 Å². The molecule has 148 valence electrons. The van der Waals surface area contributed by atoms with E-state index in [-0.39, 0.29) is 6.09 Å². The van der Waals surface area contributed by atoms with Gasteiger partial charge in [0.05, 0.1) is 18.7 Å². The Kier molecular flexibility index (Phi) is 8.60. The Morgan fingerprint density at radius 1 is 1.26 bits per heavy atom. The zero-order chi connectivity index (χ0) is 20.4. The maximum atomic E-state index is 12.1. The Labute approximate surface area is 161 Å². The Hall–Kier alpha value is -2.75.